The number of nitro groups is 2. The van der Waals surface area contributed by atoms with Gasteiger partial charge in [-0.1, -0.05) is 23.9 Å². The van der Waals surface area contributed by atoms with E-state index in [1.165, 1.54) is 48.6 Å². The average Bonchev–Trinajstić information content (AvgIpc) is 3.10. The van der Waals surface area contributed by atoms with E-state index in [1.807, 2.05) is 0 Å². The monoisotopic (exact) mass is 694 g/mol. The zero-order valence-electron chi connectivity index (χ0n) is 27.3. The van der Waals surface area contributed by atoms with Crippen LogP contribution in [0.2, 0.25) is 0 Å². The van der Waals surface area contributed by atoms with Crippen LogP contribution in [-0.2, 0) is 28.7 Å². The molecule has 2 saturated heterocycles. The lowest BCUT2D eigenvalue weighted by Crippen LogP contribution is -2.39. The van der Waals surface area contributed by atoms with Crippen molar-refractivity contribution in [2.24, 2.45) is 11.8 Å². The molecule has 0 aliphatic carbocycles. The molecule has 2 heterocycles. The number of amides is 2. The topological polar surface area (TPSA) is 180 Å². The highest BCUT2D eigenvalue weighted by Crippen LogP contribution is 2.40. The number of rotatable bonds is 12. The average molecular weight is 695 g/mol. The van der Waals surface area contributed by atoms with E-state index >= 15 is 0 Å². The van der Waals surface area contributed by atoms with Gasteiger partial charge in [0.25, 0.3) is 11.4 Å². The van der Waals surface area contributed by atoms with Gasteiger partial charge in [-0.3, -0.25) is 39.4 Å². The van der Waals surface area contributed by atoms with E-state index in [0.29, 0.717) is 76.2 Å². The maximum Gasteiger partial charge on any atom is 0.309 e. The van der Waals surface area contributed by atoms with Crippen molar-refractivity contribution in [3.63, 3.8) is 0 Å². The van der Waals surface area contributed by atoms with Crippen molar-refractivity contribution in [2.45, 2.75) is 49.3 Å². The smallest absolute Gasteiger partial charge is 0.309 e. The maximum absolute atomic E-state index is 12.7. The molecule has 4 rings (SSSR count). The number of carbonyl (C=O) groups is 4. The van der Waals surface area contributed by atoms with Crippen LogP contribution in [0.4, 0.5) is 11.4 Å². The molecule has 2 amide bonds. The Morgan fingerprint density at radius 3 is 1.41 bits per heavy atom. The van der Waals surface area contributed by atoms with E-state index in [9.17, 15) is 39.4 Å². The molecule has 2 aliphatic heterocycles. The van der Waals surface area contributed by atoms with Crippen LogP contribution in [0.15, 0.2) is 58.3 Å². The van der Waals surface area contributed by atoms with Crippen LogP contribution in [-0.4, -0.2) is 82.8 Å². The van der Waals surface area contributed by atoms with Crippen molar-refractivity contribution in [1.29, 1.82) is 0 Å². The van der Waals surface area contributed by atoms with Gasteiger partial charge >= 0.3 is 11.9 Å². The molecule has 0 bridgehead atoms. The van der Waals surface area contributed by atoms with Gasteiger partial charge in [0, 0.05) is 50.5 Å². The zero-order valence-corrected chi connectivity index (χ0v) is 28.1. The van der Waals surface area contributed by atoms with Gasteiger partial charge in [0.05, 0.1) is 44.7 Å². The molecule has 0 atom stereocenters. The van der Waals surface area contributed by atoms with Crippen molar-refractivity contribution in [3.8, 4) is 0 Å². The summed E-state index contributed by atoms with van der Waals surface area (Å²) >= 11 is 0.863. The Kier molecular flexibility index (Phi) is 13.0. The summed E-state index contributed by atoms with van der Waals surface area (Å²) in [5.74, 6) is -1.58. The fraction of sp³-hybridized carbons (Fsp3) is 0.412. The molecule has 15 heteroatoms. The quantitative estimate of drug-likeness (QED) is 0.122. The Bertz CT molecular complexity index is 1520. The molecule has 2 fully saturated rings. The lowest BCUT2D eigenvalue weighted by molar-refractivity contribution is -0.388. The molecule has 2 aromatic carbocycles. The van der Waals surface area contributed by atoms with Gasteiger partial charge < -0.3 is 19.3 Å². The summed E-state index contributed by atoms with van der Waals surface area (Å²) in [5.41, 5.74) is 0.224. The van der Waals surface area contributed by atoms with Gasteiger partial charge in [0.2, 0.25) is 11.8 Å². The molecule has 0 spiro atoms. The Morgan fingerprint density at radius 1 is 0.714 bits per heavy atom. The summed E-state index contributed by atoms with van der Waals surface area (Å²) in [7, 11) is 0. The lowest BCUT2D eigenvalue weighted by atomic mass is 9.97. The first-order valence-corrected chi connectivity index (χ1v) is 16.8. The van der Waals surface area contributed by atoms with Crippen LogP contribution in [0.3, 0.4) is 0 Å². The maximum atomic E-state index is 12.7. The number of benzene rings is 2. The van der Waals surface area contributed by atoms with Crippen LogP contribution >= 0.6 is 11.8 Å². The molecule has 260 valence electrons. The molecule has 0 N–H and O–H groups in total. The number of piperidine rings is 2. The number of ether oxygens (including phenoxy) is 2. The number of esters is 2. The normalized spacial score (nSPS) is 15.8. The minimum Gasteiger partial charge on any atom is -0.466 e. The van der Waals surface area contributed by atoms with Crippen LogP contribution in [0.1, 0.15) is 50.7 Å². The number of likely N-dealkylation sites (tertiary alicyclic amines) is 2. The van der Waals surface area contributed by atoms with Crippen molar-refractivity contribution < 1.29 is 38.5 Å². The number of nitro benzene ring substituents is 2. The molecule has 0 unspecified atom stereocenters. The fourth-order valence-electron chi connectivity index (χ4n) is 5.59. The predicted molar refractivity (Wildman–Crippen MR) is 180 cm³/mol. The van der Waals surface area contributed by atoms with Gasteiger partial charge in [0.1, 0.15) is 0 Å². The molecule has 0 aromatic heterocycles. The zero-order chi connectivity index (χ0) is 35.5. The highest BCUT2D eigenvalue weighted by Gasteiger charge is 2.29. The molecule has 49 heavy (non-hydrogen) atoms. The summed E-state index contributed by atoms with van der Waals surface area (Å²) in [5, 5.41) is 23.9. The van der Waals surface area contributed by atoms with E-state index in [0.717, 1.165) is 11.8 Å². The van der Waals surface area contributed by atoms with Crippen LogP contribution in [0.5, 0.6) is 0 Å². The Balaban J connectivity index is 1.40. The number of hydrogen-bond donors (Lipinski definition) is 0. The third kappa shape index (κ3) is 9.98. The SMILES string of the molecule is CCOC(=O)C1CCN(C(=O)/C=C/c2ccc(Sc3ccc(/C=C/C(=O)N4CCC(C(=O)OCC)CC4)cc3[N+](=O)[O-])c([N+](=O)[O-])c2)CC1. The summed E-state index contributed by atoms with van der Waals surface area (Å²) in [6.45, 7) is 5.66. The van der Waals surface area contributed by atoms with Crippen molar-refractivity contribution in [1.82, 2.24) is 9.80 Å². The molecule has 0 saturated carbocycles. The Labute approximate surface area is 287 Å². The Morgan fingerprint density at radius 2 is 1.08 bits per heavy atom. The van der Waals surface area contributed by atoms with E-state index in [4.69, 9.17) is 9.47 Å². The second-order valence-corrected chi connectivity index (χ2v) is 12.5. The lowest BCUT2D eigenvalue weighted by Gasteiger charge is -2.30. The molecular formula is C34H38N4O10S. The fourth-order valence-corrected chi connectivity index (χ4v) is 6.57. The van der Waals surface area contributed by atoms with Crippen molar-refractivity contribution in [3.05, 3.63) is 79.9 Å². The summed E-state index contributed by atoms with van der Waals surface area (Å²) in [4.78, 5) is 75.7. The van der Waals surface area contributed by atoms with Crippen LogP contribution < -0.4 is 0 Å². The third-order valence-electron chi connectivity index (χ3n) is 8.27. The first kappa shape index (κ1) is 36.8. The molecular weight excluding hydrogens is 656 g/mol. The van der Waals surface area contributed by atoms with Crippen LogP contribution in [0, 0.1) is 32.1 Å². The van der Waals surface area contributed by atoms with Gasteiger partial charge in [-0.25, -0.2) is 0 Å². The van der Waals surface area contributed by atoms with Gasteiger partial charge in [0.15, 0.2) is 0 Å². The molecule has 0 radical (unpaired) electrons. The van der Waals surface area contributed by atoms with E-state index in [-0.39, 0.29) is 56.8 Å². The summed E-state index contributed by atoms with van der Waals surface area (Å²) in [6, 6.07) is 8.69. The number of carbonyl (C=O) groups excluding carboxylic acids is 4. The third-order valence-corrected chi connectivity index (χ3v) is 9.40. The number of hydrogen-bond acceptors (Lipinski definition) is 11. The van der Waals surface area contributed by atoms with Gasteiger partial charge in [-0.2, -0.15) is 0 Å². The van der Waals surface area contributed by atoms with Crippen molar-refractivity contribution in [2.75, 3.05) is 39.4 Å². The Hall–Kier alpha value is -5.05. The first-order valence-electron chi connectivity index (χ1n) is 16.0. The van der Waals surface area contributed by atoms with E-state index in [1.54, 1.807) is 35.8 Å². The molecule has 2 aliphatic rings. The van der Waals surface area contributed by atoms with Gasteiger partial charge in [-0.15, -0.1) is 0 Å². The standard InChI is InChI=1S/C34H38N4O10S/c1-3-47-33(41)25-13-17-35(18-14-25)31(39)11-7-23-5-9-29(27(21-23)37(43)44)49-30-10-6-24(22-28(30)38(45)46)8-12-32(40)36-19-15-26(16-20-36)34(42)48-4-2/h5-12,21-22,25-26H,3-4,13-20H2,1-2H3/b11-7+,12-8+. The van der Waals surface area contributed by atoms with Gasteiger partial charge in [-0.05, 0) is 74.9 Å². The summed E-state index contributed by atoms with van der Waals surface area (Å²) < 4.78 is 10.1. The first-order chi connectivity index (χ1) is 23.5. The van der Waals surface area contributed by atoms with E-state index < -0.39 is 9.85 Å². The number of nitrogens with zero attached hydrogens (tertiary/aromatic N) is 4. The molecule has 14 nitrogen and oxygen atoms in total. The highest BCUT2D eigenvalue weighted by atomic mass is 32.2. The second kappa shape index (κ2) is 17.4. The summed E-state index contributed by atoms with van der Waals surface area (Å²) in [6.07, 6.45) is 7.57. The van der Waals surface area contributed by atoms with E-state index in [2.05, 4.69) is 0 Å². The molecule has 2 aromatic rings. The predicted octanol–water partition coefficient (Wildman–Crippen LogP) is 5.28. The minimum atomic E-state index is -0.592. The van der Waals surface area contributed by atoms with Crippen LogP contribution in [0.25, 0.3) is 12.2 Å². The second-order valence-electron chi connectivity index (χ2n) is 11.4. The minimum absolute atomic E-state index is 0.169. The van der Waals surface area contributed by atoms with Crippen molar-refractivity contribution >= 4 is 59.0 Å². The largest absolute Gasteiger partial charge is 0.466 e. The highest BCUT2D eigenvalue weighted by molar-refractivity contribution is 7.99.